The molecule has 0 atom stereocenters. The van der Waals surface area contributed by atoms with Crippen molar-refractivity contribution in [3.8, 4) is 0 Å². The molecule has 0 saturated heterocycles. The van der Waals surface area contributed by atoms with Crippen LogP contribution >= 0.6 is 23.2 Å². The van der Waals surface area contributed by atoms with Gasteiger partial charge in [0.2, 0.25) is 0 Å². The van der Waals surface area contributed by atoms with E-state index in [9.17, 15) is 4.39 Å². The molecule has 0 spiro atoms. The van der Waals surface area contributed by atoms with Crippen molar-refractivity contribution in [1.29, 1.82) is 0 Å². The lowest BCUT2D eigenvalue weighted by atomic mass is 10.2. The van der Waals surface area contributed by atoms with E-state index in [0.717, 1.165) is 5.69 Å². The van der Waals surface area contributed by atoms with Gasteiger partial charge < -0.3 is 5.32 Å². The number of halogens is 3. The van der Waals surface area contributed by atoms with E-state index < -0.39 is 0 Å². The highest BCUT2D eigenvalue weighted by molar-refractivity contribution is 6.30. The van der Waals surface area contributed by atoms with Crippen molar-refractivity contribution in [2.75, 3.05) is 5.32 Å². The Balaban J connectivity index is 2.09. The van der Waals surface area contributed by atoms with Gasteiger partial charge in [-0.15, -0.1) is 0 Å². The number of rotatable bonds is 3. The smallest absolute Gasteiger partial charge is 0.131 e. The van der Waals surface area contributed by atoms with Gasteiger partial charge >= 0.3 is 0 Å². The van der Waals surface area contributed by atoms with E-state index in [1.807, 2.05) is 0 Å². The molecule has 0 amide bonds. The molecule has 0 radical (unpaired) electrons. The van der Waals surface area contributed by atoms with E-state index in [2.05, 4.69) is 10.3 Å². The molecule has 17 heavy (non-hydrogen) atoms. The Morgan fingerprint density at radius 1 is 1.18 bits per heavy atom. The molecule has 0 fully saturated rings. The van der Waals surface area contributed by atoms with Crippen LogP contribution in [0.2, 0.25) is 10.2 Å². The minimum absolute atomic E-state index is 0.290. The Hall–Kier alpha value is -1.32. The third-order valence-corrected chi connectivity index (χ3v) is 2.66. The summed E-state index contributed by atoms with van der Waals surface area (Å²) in [5.74, 6) is -0.290. The second-order valence-electron chi connectivity index (χ2n) is 3.46. The number of pyridine rings is 1. The average molecular weight is 271 g/mol. The number of aromatic nitrogens is 1. The lowest BCUT2D eigenvalue weighted by Gasteiger charge is -2.07. The fourth-order valence-electron chi connectivity index (χ4n) is 1.39. The maximum atomic E-state index is 13.4. The molecule has 1 N–H and O–H groups in total. The van der Waals surface area contributed by atoms with Gasteiger partial charge in [0.25, 0.3) is 0 Å². The first-order valence-corrected chi connectivity index (χ1v) is 5.70. The van der Waals surface area contributed by atoms with Crippen LogP contribution in [0.25, 0.3) is 0 Å². The third-order valence-electron chi connectivity index (χ3n) is 2.22. The van der Waals surface area contributed by atoms with Crippen molar-refractivity contribution in [3.63, 3.8) is 0 Å². The summed E-state index contributed by atoms with van der Waals surface area (Å²) in [4.78, 5) is 3.86. The van der Waals surface area contributed by atoms with Gasteiger partial charge in [-0.05, 0) is 30.3 Å². The molecule has 1 heterocycles. The highest BCUT2D eigenvalue weighted by atomic mass is 35.5. The van der Waals surface area contributed by atoms with Crippen molar-refractivity contribution in [1.82, 2.24) is 4.98 Å². The van der Waals surface area contributed by atoms with Crippen molar-refractivity contribution in [2.45, 2.75) is 6.54 Å². The van der Waals surface area contributed by atoms with Crippen LogP contribution in [0.1, 0.15) is 5.56 Å². The second kappa shape index (κ2) is 5.34. The normalized spacial score (nSPS) is 10.3. The van der Waals surface area contributed by atoms with Crippen LogP contribution in [0.15, 0.2) is 36.5 Å². The van der Waals surface area contributed by atoms with Crippen molar-refractivity contribution < 1.29 is 4.39 Å². The van der Waals surface area contributed by atoms with Gasteiger partial charge in [0, 0.05) is 29.0 Å². The SMILES string of the molecule is Fc1ccc(Cl)cc1CNc1ccnc(Cl)c1. The predicted molar refractivity (Wildman–Crippen MR) is 68.0 cm³/mol. The van der Waals surface area contributed by atoms with E-state index >= 15 is 0 Å². The van der Waals surface area contributed by atoms with Crippen LogP contribution < -0.4 is 5.32 Å². The molecule has 2 nitrogen and oxygen atoms in total. The summed E-state index contributed by atoms with van der Waals surface area (Å²) in [6.45, 7) is 0.340. The molecule has 1 aromatic carbocycles. The minimum atomic E-state index is -0.290. The van der Waals surface area contributed by atoms with Crippen molar-refractivity contribution in [2.24, 2.45) is 0 Å². The largest absolute Gasteiger partial charge is 0.381 e. The van der Waals surface area contributed by atoms with Gasteiger partial charge in [-0.25, -0.2) is 9.37 Å². The van der Waals surface area contributed by atoms with Gasteiger partial charge in [-0.1, -0.05) is 23.2 Å². The second-order valence-corrected chi connectivity index (χ2v) is 4.28. The Morgan fingerprint density at radius 3 is 2.76 bits per heavy atom. The lowest BCUT2D eigenvalue weighted by Crippen LogP contribution is -2.01. The highest BCUT2D eigenvalue weighted by Gasteiger charge is 2.03. The van der Waals surface area contributed by atoms with Crippen molar-refractivity contribution >= 4 is 28.9 Å². The van der Waals surface area contributed by atoms with Crippen LogP contribution in [-0.4, -0.2) is 4.98 Å². The summed E-state index contributed by atoms with van der Waals surface area (Å²) in [6, 6.07) is 7.88. The summed E-state index contributed by atoms with van der Waals surface area (Å²) >= 11 is 11.5. The van der Waals surface area contributed by atoms with E-state index in [1.165, 1.54) is 12.1 Å². The molecule has 0 unspecified atom stereocenters. The van der Waals surface area contributed by atoms with Crippen molar-refractivity contribution in [3.05, 3.63) is 58.1 Å². The van der Waals surface area contributed by atoms with Crippen LogP contribution in [0.3, 0.4) is 0 Å². The lowest BCUT2D eigenvalue weighted by molar-refractivity contribution is 0.613. The summed E-state index contributed by atoms with van der Waals surface area (Å²) < 4.78 is 13.4. The zero-order valence-electron chi connectivity index (χ0n) is 8.75. The molecule has 0 saturated carbocycles. The molecule has 0 aliphatic heterocycles. The van der Waals surface area contributed by atoms with E-state index in [0.29, 0.717) is 22.3 Å². The molecule has 0 aliphatic carbocycles. The summed E-state index contributed by atoms with van der Waals surface area (Å²) in [5, 5.41) is 3.95. The van der Waals surface area contributed by atoms with Crippen LogP contribution in [0.4, 0.5) is 10.1 Å². The Kier molecular flexibility index (Phi) is 3.82. The Morgan fingerprint density at radius 2 is 2.00 bits per heavy atom. The maximum absolute atomic E-state index is 13.4. The number of hydrogen-bond donors (Lipinski definition) is 1. The summed E-state index contributed by atoms with van der Waals surface area (Å²) in [6.07, 6.45) is 1.58. The van der Waals surface area contributed by atoms with E-state index in [-0.39, 0.29) is 5.82 Å². The summed E-state index contributed by atoms with van der Waals surface area (Å²) in [7, 11) is 0. The number of nitrogens with one attached hydrogen (secondary N) is 1. The first-order chi connectivity index (χ1) is 8.15. The number of hydrogen-bond acceptors (Lipinski definition) is 2. The first-order valence-electron chi connectivity index (χ1n) is 4.94. The summed E-state index contributed by atoms with van der Waals surface area (Å²) in [5.41, 5.74) is 1.29. The molecule has 2 rings (SSSR count). The monoisotopic (exact) mass is 270 g/mol. The molecule has 5 heteroatoms. The zero-order valence-corrected chi connectivity index (χ0v) is 10.3. The maximum Gasteiger partial charge on any atom is 0.131 e. The number of benzene rings is 1. The fourth-order valence-corrected chi connectivity index (χ4v) is 1.76. The van der Waals surface area contributed by atoms with E-state index in [4.69, 9.17) is 23.2 Å². The minimum Gasteiger partial charge on any atom is -0.381 e. The molecular weight excluding hydrogens is 262 g/mol. The Bertz CT molecular complexity index is 532. The highest BCUT2D eigenvalue weighted by Crippen LogP contribution is 2.17. The van der Waals surface area contributed by atoms with Gasteiger partial charge in [0.05, 0.1) is 0 Å². The van der Waals surface area contributed by atoms with Gasteiger partial charge in [-0.2, -0.15) is 0 Å². The van der Waals surface area contributed by atoms with Gasteiger partial charge in [0.15, 0.2) is 0 Å². The van der Waals surface area contributed by atoms with Crippen LogP contribution in [0.5, 0.6) is 0 Å². The van der Waals surface area contributed by atoms with E-state index in [1.54, 1.807) is 24.4 Å². The van der Waals surface area contributed by atoms with Gasteiger partial charge in [-0.3, -0.25) is 0 Å². The fraction of sp³-hybridized carbons (Fsp3) is 0.0833. The predicted octanol–water partition coefficient (Wildman–Crippen LogP) is 4.14. The molecule has 88 valence electrons. The van der Waals surface area contributed by atoms with Gasteiger partial charge in [0.1, 0.15) is 11.0 Å². The molecule has 0 aliphatic rings. The zero-order chi connectivity index (χ0) is 12.3. The number of nitrogens with zero attached hydrogens (tertiary/aromatic N) is 1. The number of anilines is 1. The third kappa shape index (κ3) is 3.32. The topological polar surface area (TPSA) is 24.9 Å². The average Bonchev–Trinajstić information content (AvgIpc) is 2.30. The van der Waals surface area contributed by atoms with Crippen LogP contribution in [-0.2, 0) is 6.54 Å². The quantitative estimate of drug-likeness (QED) is 0.848. The molecule has 2 aromatic rings. The standard InChI is InChI=1S/C12H9Cl2FN2/c13-9-1-2-11(15)8(5-9)7-17-10-3-4-16-12(14)6-10/h1-6H,7H2,(H,16,17). The first kappa shape index (κ1) is 12.1. The molecule has 0 bridgehead atoms. The Labute approximate surface area is 108 Å². The van der Waals surface area contributed by atoms with Crippen LogP contribution in [0, 0.1) is 5.82 Å². The molecular formula is C12H9Cl2FN2. The molecule has 1 aromatic heterocycles.